The molecule has 0 saturated carbocycles. The van der Waals surface area contributed by atoms with Gasteiger partial charge in [-0.3, -0.25) is 14.4 Å². The van der Waals surface area contributed by atoms with Crippen molar-refractivity contribution in [2.45, 2.75) is 18.6 Å². The van der Waals surface area contributed by atoms with E-state index in [-0.39, 0.29) is 35.5 Å². The van der Waals surface area contributed by atoms with Crippen molar-refractivity contribution in [3.63, 3.8) is 0 Å². The smallest absolute Gasteiger partial charge is 0.335 e. The third-order valence-electron chi connectivity index (χ3n) is 4.23. The van der Waals surface area contributed by atoms with Crippen molar-refractivity contribution < 1.29 is 24.3 Å². The maximum Gasteiger partial charge on any atom is 0.335 e. The Morgan fingerprint density at radius 3 is 2.36 bits per heavy atom. The predicted molar refractivity (Wildman–Crippen MR) is 107 cm³/mol. The lowest BCUT2D eigenvalue weighted by molar-refractivity contribution is -0.121. The molecule has 2 N–H and O–H groups in total. The zero-order chi connectivity index (χ0) is 20.3. The molecule has 3 amide bonds. The zero-order valence-electron chi connectivity index (χ0n) is 15.0. The van der Waals surface area contributed by atoms with E-state index in [4.69, 9.17) is 5.11 Å². The number of imide groups is 1. The Balaban J connectivity index is 1.56. The van der Waals surface area contributed by atoms with Gasteiger partial charge in [0.1, 0.15) is 0 Å². The summed E-state index contributed by atoms with van der Waals surface area (Å²) in [7, 11) is 0. The van der Waals surface area contributed by atoms with Crippen LogP contribution in [0.1, 0.15) is 22.3 Å². The topological polar surface area (TPSA) is 104 Å². The Morgan fingerprint density at radius 2 is 1.75 bits per heavy atom. The van der Waals surface area contributed by atoms with Crippen LogP contribution in [-0.4, -0.2) is 39.8 Å². The average molecular weight is 398 g/mol. The van der Waals surface area contributed by atoms with Gasteiger partial charge in [0, 0.05) is 12.1 Å². The number of carbonyl (C=O) groups is 4. The molecule has 1 heterocycles. The van der Waals surface area contributed by atoms with E-state index in [1.54, 1.807) is 12.1 Å². The number of amides is 3. The number of nitrogens with zero attached hydrogens (tertiary/aromatic N) is 1. The SMILES string of the molecule is Cc1ccc(N2C(=O)CC(SCC(=O)Nc3ccc(C(=O)O)cc3)C2=O)cc1. The van der Waals surface area contributed by atoms with Gasteiger partial charge in [-0.15, -0.1) is 11.8 Å². The Morgan fingerprint density at radius 1 is 1.11 bits per heavy atom. The van der Waals surface area contributed by atoms with Gasteiger partial charge >= 0.3 is 5.97 Å². The number of hydrogen-bond acceptors (Lipinski definition) is 5. The number of carboxylic acids is 1. The zero-order valence-corrected chi connectivity index (χ0v) is 15.9. The van der Waals surface area contributed by atoms with E-state index in [1.807, 2.05) is 19.1 Å². The summed E-state index contributed by atoms with van der Waals surface area (Å²) < 4.78 is 0. The summed E-state index contributed by atoms with van der Waals surface area (Å²) in [6.45, 7) is 1.92. The van der Waals surface area contributed by atoms with E-state index in [2.05, 4.69) is 5.32 Å². The van der Waals surface area contributed by atoms with Crippen LogP contribution < -0.4 is 10.2 Å². The molecule has 1 fully saturated rings. The van der Waals surface area contributed by atoms with E-state index in [0.717, 1.165) is 17.3 Å². The first kappa shape index (κ1) is 19.6. The molecule has 3 rings (SSSR count). The fraction of sp³-hybridized carbons (Fsp3) is 0.200. The molecule has 0 bridgehead atoms. The van der Waals surface area contributed by atoms with Gasteiger partial charge in [-0.05, 0) is 43.3 Å². The minimum Gasteiger partial charge on any atom is -0.478 e. The number of benzene rings is 2. The van der Waals surface area contributed by atoms with Crippen molar-refractivity contribution in [2.24, 2.45) is 0 Å². The quantitative estimate of drug-likeness (QED) is 0.725. The first-order valence-electron chi connectivity index (χ1n) is 8.53. The van der Waals surface area contributed by atoms with Crippen LogP contribution in [-0.2, 0) is 14.4 Å². The molecule has 1 aliphatic rings. The average Bonchev–Trinajstić information content (AvgIpc) is 2.95. The van der Waals surface area contributed by atoms with Gasteiger partial charge in [-0.2, -0.15) is 0 Å². The number of thioether (sulfide) groups is 1. The number of aromatic carboxylic acids is 1. The molecule has 1 unspecified atom stereocenters. The molecular weight excluding hydrogens is 380 g/mol. The molecule has 0 aromatic heterocycles. The number of hydrogen-bond donors (Lipinski definition) is 2. The molecule has 1 aliphatic heterocycles. The van der Waals surface area contributed by atoms with Crippen molar-refractivity contribution in [1.29, 1.82) is 0 Å². The van der Waals surface area contributed by atoms with Gasteiger partial charge in [-0.25, -0.2) is 9.69 Å². The predicted octanol–water partition coefficient (Wildman–Crippen LogP) is 2.70. The molecule has 2 aromatic rings. The summed E-state index contributed by atoms with van der Waals surface area (Å²) in [5.41, 5.74) is 2.15. The van der Waals surface area contributed by atoms with Crippen molar-refractivity contribution in [3.8, 4) is 0 Å². The fourth-order valence-corrected chi connectivity index (χ4v) is 3.70. The Labute approximate surface area is 165 Å². The number of carboxylic acid groups (broad SMARTS) is 1. The highest BCUT2D eigenvalue weighted by atomic mass is 32.2. The van der Waals surface area contributed by atoms with Crippen LogP contribution in [0.4, 0.5) is 11.4 Å². The van der Waals surface area contributed by atoms with Gasteiger partial charge in [0.15, 0.2) is 0 Å². The number of carbonyl (C=O) groups excluding carboxylic acids is 3. The fourth-order valence-electron chi connectivity index (χ4n) is 2.77. The normalized spacial score (nSPS) is 16.3. The summed E-state index contributed by atoms with van der Waals surface area (Å²) in [5, 5.41) is 10.9. The van der Waals surface area contributed by atoms with Crippen LogP contribution in [0.15, 0.2) is 48.5 Å². The molecule has 28 heavy (non-hydrogen) atoms. The van der Waals surface area contributed by atoms with Crippen LogP contribution >= 0.6 is 11.8 Å². The molecule has 8 heteroatoms. The lowest BCUT2D eigenvalue weighted by Gasteiger charge is -2.15. The van der Waals surface area contributed by atoms with Crippen LogP contribution in [0, 0.1) is 6.92 Å². The van der Waals surface area contributed by atoms with Crippen molar-refractivity contribution >= 4 is 46.8 Å². The van der Waals surface area contributed by atoms with Gasteiger partial charge in [-0.1, -0.05) is 17.7 Å². The summed E-state index contributed by atoms with van der Waals surface area (Å²) >= 11 is 1.11. The Kier molecular flexibility index (Phi) is 5.79. The Bertz CT molecular complexity index is 925. The van der Waals surface area contributed by atoms with Crippen LogP contribution in [0.2, 0.25) is 0 Å². The molecule has 1 saturated heterocycles. The van der Waals surface area contributed by atoms with E-state index >= 15 is 0 Å². The minimum absolute atomic E-state index is 0.00606. The molecule has 7 nitrogen and oxygen atoms in total. The molecule has 0 spiro atoms. The second-order valence-corrected chi connectivity index (χ2v) is 7.53. The van der Waals surface area contributed by atoms with Crippen LogP contribution in [0.5, 0.6) is 0 Å². The summed E-state index contributed by atoms with van der Waals surface area (Å²) in [6.07, 6.45) is 0.0535. The highest BCUT2D eigenvalue weighted by molar-refractivity contribution is 8.01. The number of rotatable bonds is 6. The summed E-state index contributed by atoms with van der Waals surface area (Å²) in [5.74, 6) is -1.97. The summed E-state index contributed by atoms with van der Waals surface area (Å²) in [6, 6.07) is 12.9. The molecular formula is C20H18N2O5S. The first-order valence-corrected chi connectivity index (χ1v) is 9.58. The van der Waals surface area contributed by atoms with Gasteiger partial charge in [0.05, 0.1) is 22.3 Å². The molecule has 1 atom stereocenters. The van der Waals surface area contributed by atoms with Gasteiger partial charge in [0.25, 0.3) is 0 Å². The van der Waals surface area contributed by atoms with Crippen molar-refractivity contribution in [3.05, 3.63) is 59.7 Å². The van der Waals surface area contributed by atoms with E-state index in [1.165, 1.54) is 29.2 Å². The number of anilines is 2. The standard InChI is InChI=1S/C20H18N2O5S/c1-12-2-8-15(9-3-12)22-18(24)10-16(19(22)25)28-11-17(23)21-14-6-4-13(5-7-14)20(26)27/h2-9,16H,10-11H2,1H3,(H,21,23)(H,26,27). The van der Waals surface area contributed by atoms with Crippen molar-refractivity contribution in [2.75, 3.05) is 16.0 Å². The third kappa shape index (κ3) is 4.40. The molecule has 144 valence electrons. The maximum atomic E-state index is 12.6. The largest absolute Gasteiger partial charge is 0.478 e. The molecule has 2 aromatic carbocycles. The van der Waals surface area contributed by atoms with Crippen molar-refractivity contribution in [1.82, 2.24) is 0 Å². The highest BCUT2D eigenvalue weighted by Crippen LogP contribution is 2.29. The van der Waals surface area contributed by atoms with Crippen LogP contribution in [0.3, 0.4) is 0 Å². The summed E-state index contributed by atoms with van der Waals surface area (Å²) in [4.78, 5) is 48.9. The second-order valence-electron chi connectivity index (χ2n) is 6.34. The van der Waals surface area contributed by atoms with Gasteiger partial charge < -0.3 is 10.4 Å². The molecule has 0 aliphatic carbocycles. The lowest BCUT2D eigenvalue weighted by atomic mass is 10.2. The first-order chi connectivity index (χ1) is 13.3. The van der Waals surface area contributed by atoms with Crippen LogP contribution in [0.25, 0.3) is 0 Å². The number of aryl methyl sites for hydroxylation is 1. The maximum absolute atomic E-state index is 12.6. The Hall–Kier alpha value is -3.13. The number of nitrogens with one attached hydrogen (secondary N) is 1. The second kappa shape index (κ2) is 8.26. The monoisotopic (exact) mass is 398 g/mol. The highest BCUT2D eigenvalue weighted by Gasteiger charge is 2.39. The third-order valence-corrected chi connectivity index (χ3v) is 5.43. The van der Waals surface area contributed by atoms with E-state index < -0.39 is 11.2 Å². The lowest BCUT2D eigenvalue weighted by Crippen LogP contribution is -2.31. The van der Waals surface area contributed by atoms with E-state index in [0.29, 0.717) is 11.4 Å². The van der Waals surface area contributed by atoms with E-state index in [9.17, 15) is 19.2 Å². The van der Waals surface area contributed by atoms with Gasteiger partial charge in [0.2, 0.25) is 17.7 Å². The minimum atomic E-state index is -1.05. The molecule has 0 radical (unpaired) electrons.